The van der Waals surface area contributed by atoms with Crippen LogP contribution < -0.4 is 28.4 Å². The van der Waals surface area contributed by atoms with Crippen LogP contribution in [0.5, 0.6) is 34.5 Å². The lowest BCUT2D eigenvalue weighted by Crippen LogP contribution is -2.35. The molecule has 6 aromatic carbocycles. The van der Waals surface area contributed by atoms with Gasteiger partial charge in [0.2, 0.25) is 0 Å². The van der Waals surface area contributed by atoms with Gasteiger partial charge in [-0.3, -0.25) is 0 Å². The van der Waals surface area contributed by atoms with Gasteiger partial charge in [-0.05, 0) is 106 Å². The van der Waals surface area contributed by atoms with Gasteiger partial charge in [0.25, 0.3) is 0 Å². The monoisotopic (exact) mass is 828 g/mol. The van der Waals surface area contributed by atoms with Crippen LogP contribution in [0.1, 0.15) is 113 Å². The molecule has 8 rings (SSSR count). The summed E-state index contributed by atoms with van der Waals surface area (Å²) < 4.78 is 40.5. The highest BCUT2D eigenvalue weighted by atomic mass is 16.5. The minimum absolute atomic E-state index is 0.00710. The third-order valence-corrected chi connectivity index (χ3v) is 12.1. The number of fused-ring (bicyclic) bond motifs is 5. The zero-order valence-corrected chi connectivity index (χ0v) is 37.1. The van der Waals surface area contributed by atoms with Crippen molar-refractivity contribution < 1.29 is 28.4 Å². The molecule has 0 amide bonds. The maximum atomic E-state index is 7.37. The van der Waals surface area contributed by atoms with Crippen LogP contribution >= 0.6 is 0 Å². The standard InChI is InChI=1S/C56H60O6/c1-7-11-35-57-44-25-27-48(52(37-44)59-39(5)9-3)55(42-19-15-13-16-20-42)33-31-46-50(61-55)29-23-41-24-30-51-47(54(41)46)32-34-56(62-51,43-21-17-14-18-22-43)49-28-26-45(58-36-12-8-2)38-53(49)60-40(6)10-4/h13-34,37-40H,7-12,35-36H2,1-6H3. The molecule has 2 heterocycles. The third kappa shape index (κ3) is 8.40. The average molecular weight is 829 g/mol. The molecule has 0 bridgehead atoms. The summed E-state index contributed by atoms with van der Waals surface area (Å²) in [6.45, 7) is 14.1. The van der Waals surface area contributed by atoms with E-state index in [1.54, 1.807) is 0 Å². The fraction of sp³-hybridized carbons (Fsp3) is 0.321. The second-order valence-corrected chi connectivity index (χ2v) is 16.5. The van der Waals surface area contributed by atoms with Crippen LogP contribution in [0.3, 0.4) is 0 Å². The molecule has 6 heteroatoms. The van der Waals surface area contributed by atoms with Crippen LogP contribution in [0.2, 0.25) is 0 Å². The summed E-state index contributed by atoms with van der Waals surface area (Å²) in [6, 6.07) is 41.6. The first-order valence-electron chi connectivity index (χ1n) is 22.7. The normalized spacial score (nSPS) is 18.5. The van der Waals surface area contributed by atoms with Crippen LogP contribution in [-0.4, -0.2) is 25.4 Å². The van der Waals surface area contributed by atoms with E-state index in [0.29, 0.717) is 13.2 Å². The minimum atomic E-state index is -0.977. The Balaban J connectivity index is 1.25. The van der Waals surface area contributed by atoms with Crippen molar-refractivity contribution in [2.24, 2.45) is 0 Å². The van der Waals surface area contributed by atoms with Crippen LogP contribution in [-0.2, 0) is 11.2 Å². The van der Waals surface area contributed by atoms with E-state index in [0.717, 1.165) is 117 Å². The minimum Gasteiger partial charge on any atom is -0.493 e. The molecule has 4 unspecified atom stereocenters. The van der Waals surface area contributed by atoms with Crippen molar-refractivity contribution in [3.8, 4) is 34.5 Å². The first kappa shape index (κ1) is 42.5. The predicted molar refractivity (Wildman–Crippen MR) is 252 cm³/mol. The molecule has 0 saturated heterocycles. The van der Waals surface area contributed by atoms with Crippen LogP contribution in [0, 0.1) is 0 Å². The van der Waals surface area contributed by atoms with Gasteiger partial charge in [0, 0.05) is 50.9 Å². The molecule has 2 aliphatic rings. The Morgan fingerprint density at radius 3 is 1.35 bits per heavy atom. The van der Waals surface area contributed by atoms with Gasteiger partial charge in [-0.1, -0.05) is 113 Å². The maximum absolute atomic E-state index is 7.37. The second kappa shape index (κ2) is 18.9. The topological polar surface area (TPSA) is 55.4 Å². The van der Waals surface area contributed by atoms with E-state index in [1.807, 2.05) is 36.4 Å². The second-order valence-electron chi connectivity index (χ2n) is 16.5. The molecular formula is C56H60O6. The molecule has 0 fully saturated rings. The van der Waals surface area contributed by atoms with Gasteiger partial charge < -0.3 is 28.4 Å². The third-order valence-electron chi connectivity index (χ3n) is 12.1. The molecule has 0 aliphatic carbocycles. The lowest BCUT2D eigenvalue weighted by Gasteiger charge is -2.39. The summed E-state index contributed by atoms with van der Waals surface area (Å²) in [5.41, 5.74) is 3.85. The van der Waals surface area contributed by atoms with Crippen molar-refractivity contribution >= 4 is 22.9 Å². The lowest BCUT2D eigenvalue weighted by atomic mass is 9.81. The number of ether oxygens (including phenoxy) is 6. The van der Waals surface area contributed by atoms with Gasteiger partial charge in [0.1, 0.15) is 34.5 Å². The van der Waals surface area contributed by atoms with Crippen LogP contribution in [0.25, 0.3) is 22.9 Å². The molecule has 6 aromatic rings. The fourth-order valence-electron chi connectivity index (χ4n) is 8.31. The summed E-state index contributed by atoms with van der Waals surface area (Å²) in [4.78, 5) is 0. The number of unbranched alkanes of at least 4 members (excludes halogenated alkanes) is 2. The van der Waals surface area contributed by atoms with E-state index in [9.17, 15) is 0 Å². The highest BCUT2D eigenvalue weighted by molar-refractivity contribution is 6.02. The van der Waals surface area contributed by atoms with Crippen molar-refractivity contribution in [1.82, 2.24) is 0 Å². The molecule has 0 saturated carbocycles. The summed E-state index contributed by atoms with van der Waals surface area (Å²) in [6.07, 6.45) is 14.6. The van der Waals surface area contributed by atoms with E-state index in [1.165, 1.54) is 0 Å². The Morgan fingerprint density at radius 1 is 0.516 bits per heavy atom. The molecule has 6 nitrogen and oxygen atoms in total. The number of hydrogen-bond donors (Lipinski definition) is 0. The van der Waals surface area contributed by atoms with E-state index >= 15 is 0 Å². The van der Waals surface area contributed by atoms with Gasteiger partial charge in [-0.25, -0.2) is 0 Å². The molecule has 0 spiro atoms. The smallest absolute Gasteiger partial charge is 0.181 e. The maximum Gasteiger partial charge on any atom is 0.181 e. The van der Waals surface area contributed by atoms with Crippen molar-refractivity contribution in [2.45, 2.75) is 103 Å². The molecular weight excluding hydrogens is 769 g/mol. The van der Waals surface area contributed by atoms with Crippen LogP contribution in [0.15, 0.2) is 133 Å². The van der Waals surface area contributed by atoms with E-state index in [-0.39, 0.29) is 12.2 Å². The van der Waals surface area contributed by atoms with E-state index in [2.05, 4.69) is 151 Å². The van der Waals surface area contributed by atoms with Crippen molar-refractivity contribution in [3.05, 3.63) is 167 Å². The first-order valence-corrected chi connectivity index (χ1v) is 22.7. The van der Waals surface area contributed by atoms with E-state index < -0.39 is 11.2 Å². The van der Waals surface area contributed by atoms with Crippen molar-refractivity contribution in [1.29, 1.82) is 0 Å². The van der Waals surface area contributed by atoms with Gasteiger partial charge in [0.15, 0.2) is 11.2 Å². The molecule has 62 heavy (non-hydrogen) atoms. The number of benzene rings is 6. The Morgan fingerprint density at radius 2 is 0.952 bits per heavy atom. The summed E-state index contributed by atoms with van der Waals surface area (Å²) in [7, 11) is 0. The predicted octanol–water partition coefficient (Wildman–Crippen LogP) is 14.3. The zero-order chi connectivity index (χ0) is 43.1. The van der Waals surface area contributed by atoms with Crippen LogP contribution in [0.4, 0.5) is 0 Å². The molecule has 2 aliphatic heterocycles. The molecule has 0 radical (unpaired) electrons. The number of hydrogen-bond acceptors (Lipinski definition) is 6. The largest absolute Gasteiger partial charge is 0.493 e. The Labute approximate surface area is 368 Å². The molecule has 0 N–H and O–H groups in total. The highest BCUT2D eigenvalue weighted by Crippen LogP contribution is 2.52. The van der Waals surface area contributed by atoms with Gasteiger partial charge >= 0.3 is 0 Å². The van der Waals surface area contributed by atoms with E-state index in [4.69, 9.17) is 28.4 Å². The zero-order valence-electron chi connectivity index (χ0n) is 37.1. The van der Waals surface area contributed by atoms with Gasteiger partial charge in [-0.15, -0.1) is 0 Å². The summed E-state index contributed by atoms with van der Waals surface area (Å²) in [5.74, 6) is 4.60. The molecule has 320 valence electrons. The van der Waals surface area contributed by atoms with Gasteiger partial charge in [-0.2, -0.15) is 0 Å². The Hall–Kier alpha value is -6.14. The average Bonchev–Trinajstić information content (AvgIpc) is 3.31. The van der Waals surface area contributed by atoms with Crippen molar-refractivity contribution in [2.75, 3.05) is 13.2 Å². The first-order chi connectivity index (χ1) is 30.3. The fourth-order valence-corrected chi connectivity index (χ4v) is 8.31. The quantitative estimate of drug-likeness (QED) is 0.0805. The molecule has 0 aromatic heterocycles. The Kier molecular flexibility index (Phi) is 12.9. The Bertz CT molecular complexity index is 2350. The SMILES string of the molecule is CCCCOc1ccc(C2(c3ccccc3)C=Cc3c(ccc4ccc5c(c34)C=CC(c3ccccc3)(c3ccc(OCCCC)cc3OC(C)CC)O5)O2)c(OC(C)CC)c1. The van der Waals surface area contributed by atoms with Crippen molar-refractivity contribution in [3.63, 3.8) is 0 Å². The number of rotatable bonds is 18. The van der Waals surface area contributed by atoms with Gasteiger partial charge in [0.05, 0.1) is 25.4 Å². The summed E-state index contributed by atoms with van der Waals surface area (Å²) >= 11 is 0. The lowest BCUT2D eigenvalue weighted by molar-refractivity contribution is 0.147. The summed E-state index contributed by atoms with van der Waals surface area (Å²) in [5, 5.41) is 2.15. The molecule has 4 atom stereocenters. The highest BCUT2D eigenvalue weighted by Gasteiger charge is 2.43.